The number of rotatable bonds is 9. The van der Waals surface area contributed by atoms with E-state index in [4.69, 9.17) is 9.15 Å². The van der Waals surface area contributed by atoms with Gasteiger partial charge in [-0.15, -0.1) is 0 Å². The molecule has 0 bridgehead atoms. The van der Waals surface area contributed by atoms with Crippen LogP contribution in [-0.4, -0.2) is 35.4 Å². The van der Waals surface area contributed by atoms with E-state index in [1.165, 1.54) is 31.7 Å². The zero-order valence-electron chi connectivity index (χ0n) is 16.6. The molecule has 1 amide bonds. The molecule has 0 aliphatic heterocycles. The number of furan rings is 1. The van der Waals surface area contributed by atoms with Gasteiger partial charge in [0.15, 0.2) is 0 Å². The Balaban J connectivity index is 1.39. The summed E-state index contributed by atoms with van der Waals surface area (Å²) in [6.07, 6.45) is 3.32. The lowest BCUT2D eigenvalue weighted by atomic mass is 10.2. The number of carbonyl (C=O) groups excluding carboxylic acids is 1. The highest BCUT2D eigenvalue weighted by molar-refractivity contribution is 5.94. The summed E-state index contributed by atoms with van der Waals surface area (Å²) in [7, 11) is 1.42. The topological polar surface area (TPSA) is 97.8 Å². The fraction of sp³-hybridized carbons (Fsp3) is 0.476. The Kier molecular flexibility index (Phi) is 5.27. The van der Waals surface area contributed by atoms with Gasteiger partial charge in [0.05, 0.1) is 36.9 Å². The molecule has 2 aromatic rings. The van der Waals surface area contributed by atoms with Crippen LogP contribution in [0.5, 0.6) is 5.75 Å². The van der Waals surface area contributed by atoms with Crippen molar-refractivity contribution in [2.24, 2.45) is 5.92 Å². The summed E-state index contributed by atoms with van der Waals surface area (Å²) >= 11 is 0. The van der Waals surface area contributed by atoms with Crippen LogP contribution in [0.25, 0.3) is 0 Å². The maximum Gasteiger partial charge on any atom is 0.273 e. The number of non-ortho nitro benzene ring substituents is 1. The summed E-state index contributed by atoms with van der Waals surface area (Å²) in [5.74, 6) is 3.23. The van der Waals surface area contributed by atoms with E-state index in [9.17, 15) is 14.9 Å². The van der Waals surface area contributed by atoms with Gasteiger partial charge in [-0.2, -0.15) is 0 Å². The number of nitrogens with one attached hydrogen (secondary N) is 1. The second-order valence-corrected chi connectivity index (χ2v) is 7.95. The molecule has 1 heterocycles. The fourth-order valence-corrected chi connectivity index (χ4v) is 3.62. The highest BCUT2D eigenvalue weighted by Gasteiger charge is 2.37. The molecule has 8 nitrogen and oxygen atoms in total. The molecular formula is C21H25N3O5. The van der Waals surface area contributed by atoms with Gasteiger partial charge in [0, 0.05) is 18.0 Å². The Morgan fingerprint density at radius 2 is 2.10 bits per heavy atom. The van der Waals surface area contributed by atoms with Gasteiger partial charge in [0.2, 0.25) is 5.91 Å². The zero-order valence-corrected chi connectivity index (χ0v) is 16.6. The van der Waals surface area contributed by atoms with Crippen LogP contribution in [0.15, 0.2) is 34.7 Å². The third-order valence-corrected chi connectivity index (χ3v) is 5.60. The fourth-order valence-electron chi connectivity index (χ4n) is 3.62. The first-order valence-electron chi connectivity index (χ1n) is 9.89. The number of benzene rings is 1. The van der Waals surface area contributed by atoms with Crippen molar-refractivity contribution < 1.29 is 18.9 Å². The van der Waals surface area contributed by atoms with Crippen LogP contribution < -0.4 is 10.1 Å². The molecule has 2 aliphatic rings. The van der Waals surface area contributed by atoms with E-state index in [0.717, 1.165) is 24.4 Å². The second-order valence-electron chi connectivity index (χ2n) is 7.95. The molecule has 4 rings (SSSR count). The molecule has 1 N–H and O–H groups in total. The Labute approximate surface area is 169 Å². The van der Waals surface area contributed by atoms with Gasteiger partial charge in [-0.25, -0.2) is 0 Å². The monoisotopic (exact) mass is 399 g/mol. The average molecular weight is 399 g/mol. The Hall–Kier alpha value is -2.87. The molecular weight excluding hydrogens is 374 g/mol. The normalized spacial score (nSPS) is 20.5. The van der Waals surface area contributed by atoms with Crippen molar-refractivity contribution in [1.82, 2.24) is 4.90 Å². The summed E-state index contributed by atoms with van der Waals surface area (Å²) in [5, 5.41) is 13.7. The van der Waals surface area contributed by atoms with E-state index in [-0.39, 0.29) is 23.9 Å². The van der Waals surface area contributed by atoms with Gasteiger partial charge in [-0.05, 0) is 43.4 Å². The highest BCUT2D eigenvalue weighted by atomic mass is 16.6. The summed E-state index contributed by atoms with van der Waals surface area (Å²) in [6.45, 7) is 3.04. The lowest BCUT2D eigenvalue weighted by Gasteiger charge is -2.20. The van der Waals surface area contributed by atoms with Gasteiger partial charge in [-0.1, -0.05) is 6.92 Å². The largest absolute Gasteiger partial charge is 0.494 e. The third kappa shape index (κ3) is 4.59. The first-order chi connectivity index (χ1) is 13.9. The van der Waals surface area contributed by atoms with Gasteiger partial charge in [0.25, 0.3) is 5.69 Å². The molecule has 1 aromatic heterocycles. The third-order valence-electron chi connectivity index (χ3n) is 5.60. The SMILES string of the molecule is COc1cc([N+](=O)[O-])ccc1NC(=O)CN(Cc1ccc([C@H]2C[C@H]2C)o1)C1CC1. The number of amides is 1. The molecule has 2 fully saturated rings. The quantitative estimate of drug-likeness (QED) is 0.507. The van der Waals surface area contributed by atoms with Crippen molar-refractivity contribution in [2.75, 3.05) is 19.0 Å². The van der Waals surface area contributed by atoms with Crippen LogP contribution in [0.4, 0.5) is 11.4 Å². The summed E-state index contributed by atoms with van der Waals surface area (Å²) in [5.41, 5.74) is 0.333. The number of nitro groups is 1. The second kappa shape index (κ2) is 7.87. The number of nitro benzene ring substituents is 1. The van der Waals surface area contributed by atoms with Crippen molar-refractivity contribution >= 4 is 17.3 Å². The van der Waals surface area contributed by atoms with Crippen LogP contribution in [-0.2, 0) is 11.3 Å². The number of anilines is 1. The Bertz CT molecular complexity index is 921. The van der Waals surface area contributed by atoms with E-state index in [1.54, 1.807) is 0 Å². The van der Waals surface area contributed by atoms with Crippen molar-refractivity contribution in [1.29, 1.82) is 0 Å². The molecule has 0 unspecified atom stereocenters. The molecule has 8 heteroatoms. The summed E-state index contributed by atoms with van der Waals surface area (Å²) in [4.78, 5) is 25.2. The van der Waals surface area contributed by atoms with Crippen LogP contribution in [0.1, 0.15) is 43.6 Å². The van der Waals surface area contributed by atoms with Gasteiger partial charge in [0.1, 0.15) is 17.3 Å². The molecule has 2 aliphatic carbocycles. The number of nitrogens with zero attached hydrogens (tertiary/aromatic N) is 2. The summed E-state index contributed by atoms with van der Waals surface area (Å²) in [6, 6.07) is 8.58. The smallest absolute Gasteiger partial charge is 0.273 e. The minimum Gasteiger partial charge on any atom is -0.494 e. The number of hydrogen-bond donors (Lipinski definition) is 1. The van der Waals surface area contributed by atoms with E-state index in [0.29, 0.717) is 30.1 Å². The maximum absolute atomic E-state index is 12.6. The minimum atomic E-state index is -0.497. The van der Waals surface area contributed by atoms with Gasteiger partial charge in [-0.3, -0.25) is 19.8 Å². The van der Waals surface area contributed by atoms with Crippen molar-refractivity contribution in [3.05, 3.63) is 52.0 Å². The molecule has 1 aromatic carbocycles. The average Bonchev–Trinajstić information content (AvgIpc) is 3.61. The standard InChI is InChI=1S/C21H25N3O5/c1-13-9-17(13)19-8-6-16(29-19)11-23(14-3-4-14)12-21(25)22-18-7-5-15(24(26)27)10-20(18)28-2/h5-8,10,13-14,17H,3-4,9,11-12H2,1-2H3,(H,22,25)/t13-,17+/m1/s1. The molecule has 0 spiro atoms. The molecule has 2 saturated carbocycles. The van der Waals surface area contributed by atoms with E-state index in [1.807, 2.05) is 6.07 Å². The van der Waals surface area contributed by atoms with E-state index >= 15 is 0 Å². The van der Waals surface area contributed by atoms with Crippen molar-refractivity contribution in [2.45, 2.75) is 44.7 Å². The van der Waals surface area contributed by atoms with Crippen LogP contribution in [0.3, 0.4) is 0 Å². The number of hydrogen-bond acceptors (Lipinski definition) is 6. The first kappa shape index (κ1) is 19.4. The molecule has 2 atom stereocenters. The molecule has 154 valence electrons. The van der Waals surface area contributed by atoms with Gasteiger partial charge < -0.3 is 14.5 Å². The van der Waals surface area contributed by atoms with Crippen molar-refractivity contribution in [3.8, 4) is 5.75 Å². The minimum absolute atomic E-state index is 0.0851. The predicted molar refractivity (Wildman–Crippen MR) is 107 cm³/mol. The van der Waals surface area contributed by atoms with Crippen molar-refractivity contribution in [3.63, 3.8) is 0 Å². The zero-order chi connectivity index (χ0) is 20.5. The predicted octanol–water partition coefficient (Wildman–Crippen LogP) is 3.92. The van der Waals surface area contributed by atoms with E-state index < -0.39 is 4.92 Å². The summed E-state index contributed by atoms with van der Waals surface area (Å²) < 4.78 is 11.2. The lowest BCUT2D eigenvalue weighted by Crippen LogP contribution is -2.34. The molecule has 29 heavy (non-hydrogen) atoms. The Morgan fingerprint density at radius 1 is 1.34 bits per heavy atom. The maximum atomic E-state index is 12.6. The number of methoxy groups -OCH3 is 1. The van der Waals surface area contributed by atoms with Crippen LogP contribution in [0.2, 0.25) is 0 Å². The van der Waals surface area contributed by atoms with Crippen LogP contribution in [0, 0.1) is 16.0 Å². The van der Waals surface area contributed by atoms with Gasteiger partial charge >= 0.3 is 0 Å². The first-order valence-corrected chi connectivity index (χ1v) is 9.89. The number of ether oxygens (including phenoxy) is 1. The highest BCUT2D eigenvalue weighted by Crippen LogP contribution is 2.47. The molecule has 0 radical (unpaired) electrons. The Morgan fingerprint density at radius 3 is 2.72 bits per heavy atom. The molecule has 0 saturated heterocycles. The lowest BCUT2D eigenvalue weighted by molar-refractivity contribution is -0.384. The van der Waals surface area contributed by atoms with E-state index in [2.05, 4.69) is 23.2 Å². The van der Waals surface area contributed by atoms with Crippen LogP contribution >= 0.6 is 0 Å². The number of carbonyl (C=O) groups is 1.